The predicted octanol–water partition coefficient (Wildman–Crippen LogP) is 5.97. The van der Waals surface area contributed by atoms with E-state index in [2.05, 4.69) is 16.4 Å². The zero-order valence-electron chi connectivity index (χ0n) is 18.4. The van der Waals surface area contributed by atoms with Crippen molar-refractivity contribution in [3.63, 3.8) is 0 Å². The van der Waals surface area contributed by atoms with Crippen LogP contribution in [0.3, 0.4) is 0 Å². The third-order valence-electron chi connectivity index (χ3n) is 7.83. The van der Waals surface area contributed by atoms with Gasteiger partial charge in [0.05, 0.1) is 0 Å². The van der Waals surface area contributed by atoms with Crippen LogP contribution in [0, 0.1) is 11.8 Å². The Kier molecular flexibility index (Phi) is 6.49. The van der Waals surface area contributed by atoms with E-state index < -0.39 is 17.9 Å². The quantitative estimate of drug-likeness (QED) is 0.564. The molecule has 2 saturated carbocycles. The number of benzene rings is 1. The van der Waals surface area contributed by atoms with Crippen LogP contribution in [0.15, 0.2) is 23.1 Å². The molecule has 0 amide bonds. The summed E-state index contributed by atoms with van der Waals surface area (Å²) in [4.78, 5) is 13.3. The van der Waals surface area contributed by atoms with E-state index in [1.54, 1.807) is 0 Å². The first kappa shape index (κ1) is 21.6. The Morgan fingerprint density at radius 2 is 1.55 bits per heavy atom. The van der Waals surface area contributed by atoms with Crippen LogP contribution in [-0.2, 0) is 15.1 Å². The van der Waals surface area contributed by atoms with Gasteiger partial charge in [0.2, 0.25) is 0 Å². The smallest absolute Gasteiger partial charge is 0.373 e. The van der Waals surface area contributed by atoms with Crippen molar-refractivity contribution in [3.8, 4) is 5.75 Å². The van der Waals surface area contributed by atoms with Crippen molar-refractivity contribution in [1.82, 2.24) is 4.31 Å². The number of fused-ring (bicyclic) bond motifs is 1. The monoisotopic (exact) mass is 445 g/mol. The number of carbonyl (C=O) groups is 1. The van der Waals surface area contributed by atoms with Crippen LogP contribution in [0.25, 0.3) is 0 Å². The van der Waals surface area contributed by atoms with E-state index in [1.165, 1.54) is 56.3 Å². The van der Waals surface area contributed by atoms with E-state index in [9.17, 15) is 9.90 Å². The zero-order valence-corrected chi connectivity index (χ0v) is 19.2. The molecule has 1 aromatic rings. The molecule has 0 radical (unpaired) electrons. The topological polar surface area (TPSA) is 59.0 Å². The minimum atomic E-state index is -1.21. The molecule has 5 nitrogen and oxygen atoms in total. The Hall–Kier alpha value is -1.24. The van der Waals surface area contributed by atoms with E-state index in [1.807, 2.05) is 18.0 Å². The van der Waals surface area contributed by atoms with Crippen LogP contribution in [-0.4, -0.2) is 34.8 Å². The molecule has 1 saturated heterocycles. The van der Waals surface area contributed by atoms with Crippen LogP contribution in [0.5, 0.6) is 5.75 Å². The van der Waals surface area contributed by atoms with Crippen LogP contribution in [0.4, 0.5) is 0 Å². The molecule has 31 heavy (non-hydrogen) atoms. The number of rotatable bonds is 5. The number of hydrogen-bond acceptors (Lipinski definition) is 5. The van der Waals surface area contributed by atoms with E-state index >= 15 is 0 Å². The summed E-state index contributed by atoms with van der Waals surface area (Å²) in [6.45, 7) is 2.26. The zero-order chi connectivity index (χ0) is 21.3. The maximum absolute atomic E-state index is 12.1. The second-order valence-corrected chi connectivity index (χ2v) is 10.9. The standard InChI is InChI=1S/C25H35NO4S/c27-23(28)24-29-22-14-13-20(31-26-15-7-8-16-26)17-21(22)25(30-24,18-9-3-1-4-10-18)19-11-5-2-6-12-19/h13-14,17-19,24H,1-12,15-16H2,(H,27,28). The van der Waals surface area contributed by atoms with Gasteiger partial charge in [-0.2, -0.15) is 0 Å². The third kappa shape index (κ3) is 4.23. The lowest BCUT2D eigenvalue weighted by atomic mass is 9.63. The second kappa shape index (κ2) is 9.32. The molecule has 5 rings (SSSR count). The highest BCUT2D eigenvalue weighted by molar-refractivity contribution is 7.97. The number of carboxylic acids is 1. The van der Waals surface area contributed by atoms with Crippen LogP contribution < -0.4 is 4.74 Å². The minimum absolute atomic E-state index is 0.362. The molecule has 0 spiro atoms. The molecular weight excluding hydrogens is 410 g/mol. The van der Waals surface area contributed by atoms with Crippen molar-refractivity contribution in [1.29, 1.82) is 0 Å². The molecule has 3 fully saturated rings. The highest BCUT2D eigenvalue weighted by Crippen LogP contribution is 2.56. The largest absolute Gasteiger partial charge is 0.477 e. The summed E-state index contributed by atoms with van der Waals surface area (Å²) in [5.41, 5.74) is 0.576. The Morgan fingerprint density at radius 1 is 0.935 bits per heavy atom. The molecule has 170 valence electrons. The average molecular weight is 446 g/mol. The predicted molar refractivity (Wildman–Crippen MR) is 121 cm³/mol. The molecule has 0 aromatic heterocycles. The average Bonchev–Trinajstić information content (AvgIpc) is 3.32. The van der Waals surface area contributed by atoms with Gasteiger partial charge in [-0.05, 0) is 80.5 Å². The fourth-order valence-electron chi connectivity index (χ4n) is 6.41. The van der Waals surface area contributed by atoms with Crippen molar-refractivity contribution >= 4 is 17.9 Å². The summed E-state index contributed by atoms with van der Waals surface area (Å²) in [6.07, 6.45) is 13.1. The highest BCUT2D eigenvalue weighted by Gasteiger charge is 2.54. The second-order valence-electron chi connectivity index (χ2n) is 9.75. The number of carboxylic acid groups (broad SMARTS) is 1. The normalized spacial score (nSPS) is 27.5. The Bertz CT molecular complexity index is 764. The van der Waals surface area contributed by atoms with E-state index in [0.29, 0.717) is 11.8 Å². The van der Waals surface area contributed by atoms with Gasteiger partial charge < -0.3 is 14.6 Å². The van der Waals surface area contributed by atoms with Crippen molar-refractivity contribution < 1.29 is 19.4 Å². The van der Waals surface area contributed by atoms with Crippen molar-refractivity contribution in [2.75, 3.05) is 13.1 Å². The Morgan fingerprint density at radius 3 is 2.13 bits per heavy atom. The molecule has 1 atom stereocenters. The summed E-state index contributed by atoms with van der Waals surface area (Å²) < 4.78 is 15.0. The first-order valence-corrected chi connectivity index (χ1v) is 13.1. The summed E-state index contributed by atoms with van der Waals surface area (Å²) >= 11 is 1.83. The van der Waals surface area contributed by atoms with Crippen LogP contribution in [0.1, 0.15) is 82.6 Å². The van der Waals surface area contributed by atoms with E-state index in [0.717, 1.165) is 50.1 Å². The third-order valence-corrected chi connectivity index (χ3v) is 8.92. The lowest BCUT2D eigenvalue weighted by Gasteiger charge is -2.52. The molecular formula is C25H35NO4S. The van der Waals surface area contributed by atoms with E-state index in [4.69, 9.17) is 9.47 Å². The first-order valence-electron chi connectivity index (χ1n) is 12.3. The van der Waals surface area contributed by atoms with Gasteiger partial charge in [-0.1, -0.05) is 38.5 Å². The van der Waals surface area contributed by atoms with Gasteiger partial charge in [-0.15, -0.1) is 0 Å². The fraction of sp³-hybridized carbons (Fsp3) is 0.720. The molecule has 1 aromatic carbocycles. The Balaban J connectivity index is 1.59. The minimum Gasteiger partial charge on any atom is -0.477 e. The molecule has 2 heterocycles. The molecule has 4 aliphatic rings. The van der Waals surface area contributed by atoms with Crippen molar-refractivity contribution in [2.24, 2.45) is 11.8 Å². The summed E-state index contributed by atoms with van der Waals surface area (Å²) in [7, 11) is 0. The van der Waals surface area contributed by atoms with Gasteiger partial charge in [0, 0.05) is 23.5 Å². The van der Waals surface area contributed by atoms with Gasteiger partial charge >= 0.3 is 5.97 Å². The molecule has 1 N–H and O–H groups in total. The van der Waals surface area contributed by atoms with Gasteiger partial charge in [0.1, 0.15) is 11.4 Å². The van der Waals surface area contributed by atoms with Gasteiger partial charge in [0.25, 0.3) is 6.29 Å². The highest BCUT2D eigenvalue weighted by atomic mass is 32.2. The first-order chi connectivity index (χ1) is 15.2. The van der Waals surface area contributed by atoms with E-state index in [-0.39, 0.29) is 0 Å². The maximum Gasteiger partial charge on any atom is 0.373 e. The van der Waals surface area contributed by atoms with Gasteiger partial charge in [-0.3, -0.25) is 0 Å². The van der Waals surface area contributed by atoms with Crippen molar-refractivity contribution in [2.45, 2.75) is 93.8 Å². The number of aliphatic carboxylic acids is 1. The molecule has 2 aliphatic carbocycles. The molecule has 2 aliphatic heterocycles. The number of hydrogen-bond donors (Lipinski definition) is 1. The lowest BCUT2D eigenvalue weighted by Crippen LogP contribution is -2.54. The van der Waals surface area contributed by atoms with Gasteiger partial charge in [-0.25, -0.2) is 9.10 Å². The summed E-state index contributed by atoms with van der Waals surface area (Å²) in [6, 6.07) is 6.38. The van der Waals surface area contributed by atoms with Crippen LogP contribution >= 0.6 is 11.9 Å². The number of nitrogens with zero attached hydrogens (tertiary/aromatic N) is 1. The van der Waals surface area contributed by atoms with Gasteiger partial charge in [0.15, 0.2) is 0 Å². The molecule has 0 bridgehead atoms. The number of ether oxygens (including phenoxy) is 2. The van der Waals surface area contributed by atoms with Crippen LogP contribution in [0.2, 0.25) is 0 Å². The maximum atomic E-state index is 12.1. The molecule has 6 heteroatoms. The summed E-state index contributed by atoms with van der Waals surface area (Å²) in [5, 5.41) is 9.88. The molecule has 1 unspecified atom stereocenters. The SMILES string of the molecule is O=C(O)C1Oc2ccc(SN3CCCC3)cc2C(C2CCCCC2)(C2CCCCC2)O1. The Labute approximate surface area is 190 Å². The summed E-state index contributed by atoms with van der Waals surface area (Å²) in [5.74, 6) is 0.430. The lowest BCUT2D eigenvalue weighted by molar-refractivity contribution is -0.252. The van der Waals surface area contributed by atoms with Crippen molar-refractivity contribution in [3.05, 3.63) is 23.8 Å². The fourth-order valence-corrected chi connectivity index (χ4v) is 7.45.